The fraction of sp³-hybridized carbons (Fsp3) is 0.250. The fourth-order valence-electron chi connectivity index (χ4n) is 2.67. The lowest BCUT2D eigenvalue weighted by atomic mass is 9.98. The number of aliphatic hydroxyl groups is 1. The largest absolute Gasteiger partial charge is 0.481 e. The highest BCUT2D eigenvalue weighted by molar-refractivity contribution is 6.30. The summed E-state index contributed by atoms with van der Waals surface area (Å²) in [6.45, 7) is 0. The summed E-state index contributed by atoms with van der Waals surface area (Å²) in [4.78, 5) is 33.6. The number of carboxylic acids is 2. The van der Waals surface area contributed by atoms with Crippen LogP contribution in [0.3, 0.4) is 0 Å². The first-order valence-electron chi connectivity index (χ1n) is 8.53. The summed E-state index contributed by atoms with van der Waals surface area (Å²) in [6, 6.07) is 13.4. The lowest BCUT2D eigenvalue weighted by Crippen LogP contribution is -2.48. The molecule has 2 aromatic carbocycles. The van der Waals surface area contributed by atoms with Gasteiger partial charge in [0.1, 0.15) is 0 Å². The molecule has 0 aromatic heterocycles. The molecular formula is C20H20ClNO6. The molecule has 0 heterocycles. The highest BCUT2D eigenvalue weighted by Crippen LogP contribution is 2.23. The number of benzene rings is 2. The van der Waals surface area contributed by atoms with E-state index in [1.54, 1.807) is 18.2 Å². The number of rotatable bonds is 9. The smallest absolute Gasteiger partial charge is 0.334 e. The van der Waals surface area contributed by atoms with E-state index in [2.05, 4.69) is 5.32 Å². The van der Waals surface area contributed by atoms with Gasteiger partial charge in [0.15, 0.2) is 6.10 Å². The van der Waals surface area contributed by atoms with Gasteiger partial charge in [-0.05, 0) is 35.2 Å². The Balaban J connectivity index is 2.11. The Kier molecular flexibility index (Phi) is 7.54. The maximum absolute atomic E-state index is 11.9. The van der Waals surface area contributed by atoms with Crippen LogP contribution in [0.5, 0.6) is 0 Å². The number of amides is 1. The highest BCUT2D eigenvalue weighted by atomic mass is 35.5. The molecule has 2 unspecified atom stereocenters. The minimum atomic E-state index is -1.82. The zero-order chi connectivity index (χ0) is 20.7. The molecule has 0 bridgehead atoms. The van der Waals surface area contributed by atoms with E-state index in [0.717, 1.165) is 11.1 Å². The summed E-state index contributed by atoms with van der Waals surface area (Å²) in [5.41, 5.74) is 2.53. The van der Waals surface area contributed by atoms with Crippen LogP contribution in [0, 0.1) is 0 Å². The van der Waals surface area contributed by atoms with Crippen molar-refractivity contribution < 1.29 is 29.7 Å². The molecule has 0 radical (unpaired) electrons. The van der Waals surface area contributed by atoms with Crippen molar-refractivity contribution in [1.82, 2.24) is 5.32 Å². The highest BCUT2D eigenvalue weighted by Gasteiger charge is 2.27. The molecule has 7 nitrogen and oxygen atoms in total. The first kappa shape index (κ1) is 21.4. The summed E-state index contributed by atoms with van der Waals surface area (Å²) >= 11 is 5.99. The molecule has 0 saturated heterocycles. The molecule has 0 saturated carbocycles. The molecular weight excluding hydrogens is 386 g/mol. The Bertz CT molecular complexity index is 852. The van der Waals surface area contributed by atoms with Crippen molar-refractivity contribution in [2.24, 2.45) is 0 Å². The van der Waals surface area contributed by atoms with Crippen LogP contribution in [0.15, 0.2) is 48.5 Å². The summed E-state index contributed by atoms with van der Waals surface area (Å²) in [6.07, 6.45) is -2.43. The zero-order valence-electron chi connectivity index (χ0n) is 14.8. The van der Waals surface area contributed by atoms with Crippen molar-refractivity contribution in [2.45, 2.75) is 31.4 Å². The van der Waals surface area contributed by atoms with Crippen LogP contribution < -0.4 is 5.32 Å². The predicted molar refractivity (Wildman–Crippen MR) is 103 cm³/mol. The van der Waals surface area contributed by atoms with Gasteiger partial charge < -0.3 is 20.6 Å². The maximum Gasteiger partial charge on any atom is 0.334 e. The van der Waals surface area contributed by atoms with E-state index >= 15 is 0 Å². The van der Waals surface area contributed by atoms with E-state index in [1.165, 1.54) is 0 Å². The van der Waals surface area contributed by atoms with Gasteiger partial charge in [0.05, 0.1) is 12.5 Å². The number of aliphatic hydroxyl groups excluding tert-OH is 1. The minimum Gasteiger partial charge on any atom is -0.481 e. The molecule has 0 aliphatic carbocycles. The average Bonchev–Trinajstić information content (AvgIpc) is 2.65. The van der Waals surface area contributed by atoms with E-state index in [1.807, 2.05) is 30.3 Å². The molecule has 0 aliphatic heterocycles. The molecule has 28 heavy (non-hydrogen) atoms. The van der Waals surface area contributed by atoms with Gasteiger partial charge in [-0.1, -0.05) is 48.0 Å². The van der Waals surface area contributed by atoms with Crippen molar-refractivity contribution in [3.05, 3.63) is 59.1 Å². The van der Waals surface area contributed by atoms with E-state index in [9.17, 15) is 19.5 Å². The Labute approximate surface area is 166 Å². The van der Waals surface area contributed by atoms with Gasteiger partial charge in [-0.2, -0.15) is 0 Å². The van der Waals surface area contributed by atoms with E-state index in [-0.39, 0.29) is 19.3 Å². The topological polar surface area (TPSA) is 124 Å². The molecule has 2 aromatic rings. The van der Waals surface area contributed by atoms with Crippen LogP contribution in [0.4, 0.5) is 0 Å². The Hall–Kier alpha value is -2.90. The third-order valence-electron chi connectivity index (χ3n) is 4.11. The van der Waals surface area contributed by atoms with Crippen LogP contribution >= 0.6 is 11.6 Å². The predicted octanol–water partition coefficient (Wildman–Crippen LogP) is 2.34. The van der Waals surface area contributed by atoms with Crippen LogP contribution in [-0.4, -0.2) is 45.3 Å². The van der Waals surface area contributed by atoms with Crippen molar-refractivity contribution in [3.63, 3.8) is 0 Å². The van der Waals surface area contributed by atoms with Crippen LogP contribution in [0.2, 0.25) is 5.02 Å². The minimum absolute atomic E-state index is 0.0715. The molecule has 2 atom stereocenters. The number of carbonyl (C=O) groups excluding carboxylic acids is 1. The quantitative estimate of drug-likeness (QED) is 0.507. The van der Waals surface area contributed by atoms with Gasteiger partial charge in [-0.15, -0.1) is 0 Å². The lowest BCUT2D eigenvalue weighted by molar-refractivity contribution is -0.149. The average molecular weight is 406 g/mol. The SMILES string of the molecule is O=C(O)CCC(=O)NC(Cc1ccc(-c2cccc(Cl)c2)cc1)C(O)C(=O)O. The summed E-state index contributed by atoms with van der Waals surface area (Å²) in [7, 11) is 0. The van der Waals surface area contributed by atoms with Gasteiger partial charge in [-0.3, -0.25) is 9.59 Å². The number of halogens is 1. The van der Waals surface area contributed by atoms with Crippen molar-refractivity contribution in [2.75, 3.05) is 0 Å². The van der Waals surface area contributed by atoms with Gasteiger partial charge in [0.2, 0.25) is 5.91 Å². The second-order valence-electron chi connectivity index (χ2n) is 6.26. The molecule has 148 valence electrons. The van der Waals surface area contributed by atoms with Crippen molar-refractivity contribution in [1.29, 1.82) is 0 Å². The first-order chi connectivity index (χ1) is 13.3. The van der Waals surface area contributed by atoms with E-state index in [0.29, 0.717) is 10.6 Å². The van der Waals surface area contributed by atoms with Crippen LogP contribution in [0.25, 0.3) is 11.1 Å². The maximum atomic E-state index is 11.9. The summed E-state index contributed by atoms with van der Waals surface area (Å²) in [5, 5.41) is 30.6. The van der Waals surface area contributed by atoms with Crippen LogP contribution in [0.1, 0.15) is 18.4 Å². The summed E-state index contributed by atoms with van der Waals surface area (Å²) in [5.74, 6) is -3.25. The standard InChI is InChI=1S/C20H20ClNO6/c21-15-3-1-2-14(11-15)13-6-4-12(5-7-13)10-16(19(26)20(27)28)22-17(23)8-9-18(24)25/h1-7,11,16,19,26H,8-10H2,(H,22,23)(H,24,25)(H,27,28). The second kappa shape index (κ2) is 9.87. The van der Waals surface area contributed by atoms with Gasteiger partial charge in [0, 0.05) is 11.4 Å². The first-order valence-corrected chi connectivity index (χ1v) is 8.91. The Morgan fingerprint density at radius 2 is 1.64 bits per heavy atom. The zero-order valence-corrected chi connectivity index (χ0v) is 15.6. The molecule has 8 heteroatoms. The molecule has 0 spiro atoms. The van der Waals surface area contributed by atoms with Gasteiger partial charge >= 0.3 is 11.9 Å². The Morgan fingerprint density at radius 1 is 0.964 bits per heavy atom. The number of aliphatic carboxylic acids is 2. The van der Waals surface area contributed by atoms with E-state index in [4.69, 9.17) is 21.8 Å². The van der Waals surface area contributed by atoms with E-state index < -0.39 is 30.0 Å². The summed E-state index contributed by atoms with van der Waals surface area (Å²) < 4.78 is 0. The third kappa shape index (κ3) is 6.37. The number of carboxylic acid groups (broad SMARTS) is 2. The fourth-order valence-corrected chi connectivity index (χ4v) is 2.86. The molecule has 0 aliphatic rings. The third-order valence-corrected chi connectivity index (χ3v) is 4.35. The normalized spacial score (nSPS) is 12.8. The van der Waals surface area contributed by atoms with Crippen molar-refractivity contribution >= 4 is 29.4 Å². The van der Waals surface area contributed by atoms with Gasteiger partial charge in [-0.25, -0.2) is 4.79 Å². The van der Waals surface area contributed by atoms with Gasteiger partial charge in [0.25, 0.3) is 0 Å². The molecule has 0 fully saturated rings. The number of hydrogen-bond donors (Lipinski definition) is 4. The molecule has 2 rings (SSSR count). The number of carbonyl (C=O) groups is 3. The molecule has 1 amide bonds. The van der Waals surface area contributed by atoms with Crippen molar-refractivity contribution in [3.8, 4) is 11.1 Å². The lowest BCUT2D eigenvalue weighted by Gasteiger charge is -2.21. The number of nitrogens with one attached hydrogen (secondary N) is 1. The monoisotopic (exact) mass is 405 g/mol. The second-order valence-corrected chi connectivity index (χ2v) is 6.70. The van der Waals surface area contributed by atoms with Crippen LogP contribution in [-0.2, 0) is 20.8 Å². The molecule has 4 N–H and O–H groups in total. The number of hydrogen-bond acceptors (Lipinski definition) is 4. The Morgan fingerprint density at radius 3 is 2.21 bits per heavy atom.